The molecule has 1 aromatic carbocycles. The highest BCUT2D eigenvalue weighted by atomic mass is 32.2. The van der Waals surface area contributed by atoms with Crippen LogP contribution in [0.15, 0.2) is 18.2 Å². The number of halogens is 1. The fourth-order valence-electron chi connectivity index (χ4n) is 2.14. The molecular weight excluding hydrogens is 253 g/mol. The Morgan fingerprint density at radius 2 is 2.28 bits per heavy atom. The van der Waals surface area contributed by atoms with Crippen LogP contribution in [0.2, 0.25) is 0 Å². The molecule has 1 fully saturated rings. The molecule has 0 amide bonds. The molecule has 1 saturated heterocycles. The molecule has 2 rings (SSSR count). The number of ether oxygens (including phenoxy) is 1. The van der Waals surface area contributed by atoms with Crippen LogP contribution >= 0.6 is 0 Å². The zero-order valence-electron chi connectivity index (χ0n) is 10.2. The average molecular weight is 271 g/mol. The van der Waals surface area contributed by atoms with E-state index in [0.717, 1.165) is 30.6 Å². The molecule has 0 radical (unpaired) electrons. The molecule has 0 spiro atoms. The summed E-state index contributed by atoms with van der Waals surface area (Å²) < 4.78 is 30.6. The average Bonchev–Trinajstić information content (AvgIpc) is 2.82. The van der Waals surface area contributed by atoms with Gasteiger partial charge in [0.05, 0.1) is 11.9 Å². The van der Waals surface area contributed by atoms with Gasteiger partial charge in [0.2, 0.25) is 0 Å². The fraction of sp³-hybridized carbons (Fsp3) is 0.538. The summed E-state index contributed by atoms with van der Waals surface area (Å²) in [6.07, 6.45) is 2.11. The maximum atomic E-state index is 13.2. The standard InChI is InChI=1S/C13H18FNO2S/c14-12-4-3-10(7-15)11(6-12)8-18(16)9-13-2-1-5-17-13/h3-4,6,13H,1-2,5,7-9,15H2. The minimum Gasteiger partial charge on any atom is -0.377 e. The normalized spacial score (nSPS) is 21.1. The first-order chi connectivity index (χ1) is 8.69. The Bertz CT molecular complexity index is 433. The van der Waals surface area contributed by atoms with Gasteiger partial charge in [-0.2, -0.15) is 0 Å². The van der Waals surface area contributed by atoms with E-state index in [4.69, 9.17) is 10.5 Å². The molecule has 1 heterocycles. The largest absolute Gasteiger partial charge is 0.377 e. The molecule has 2 unspecified atom stereocenters. The molecule has 18 heavy (non-hydrogen) atoms. The Hall–Kier alpha value is -0.780. The summed E-state index contributed by atoms with van der Waals surface area (Å²) in [6.45, 7) is 1.10. The third-order valence-corrected chi connectivity index (χ3v) is 4.48. The second-order valence-corrected chi connectivity index (χ2v) is 6.00. The second-order valence-electron chi connectivity index (χ2n) is 4.50. The summed E-state index contributed by atoms with van der Waals surface area (Å²) in [7, 11) is -1.03. The maximum Gasteiger partial charge on any atom is 0.123 e. The van der Waals surface area contributed by atoms with Gasteiger partial charge in [-0.1, -0.05) is 6.07 Å². The minimum atomic E-state index is -1.03. The molecule has 1 aliphatic rings. The number of benzene rings is 1. The summed E-state index contributed by atoms with van der Waals surface area (Å²) in [5.41, 5.74) is 7.20. The highest BCUT2D eigenvalue weighted by molar-refractivity contribution is 7.84. The van der Waals surface area contributed by atoms with Crippen molar-refractivity contribution >= 4 is 10.8 Å². The third kappa shape index (κ3) is 3.60. The van der Waals surface area contributed by atoms with E-state index in [0.29, 0.717) is 18.1 Å². The van der Waals surface area contributed by atoms with E-state index < -0.39 is 10.8 Å². The van der Waals surface area contributed by atoms with Gasteiger partial charge in [-0.25, -0.2) is 4.39 Å². The van der Waals surface area contributed by atoms with Crippen molar-refractivity contribution in [3.8, 4) is 0 Å². The lowest BCUT2D eigenvalue weighted by Gasteiger charge is -2.11. The molecule has 2 atom stereocenters. The van der Waals surface area contributed by atoms with Crippen molar-refractivity contribution in [3.05, 3.63) is 35.1 Å². The van der Waals surface area contributed by atoms with Crippen LogP contribution in [-0.4, -0.2) is 22.7 Å². The van der Waals surface area contributed by atoms with Crippen molar-refractivity contribution in [2.45, 2.75) is 31.2 Å². The van der Waals surface area contributed by atoms with Crippen molar-refractivity contribution < 1.29 is 13.3 Å². The van der Waals surface area contributed by atoms with Gasteiger partial charge in [0.1, 0.15) is 5.82 Å². The Kier molecular flexibility index (Phi) is 4.86. The first-order valence-corrected chi connectivity index (χ1v) is 7.62. The Labute approximate surface area is 109 Å². The molecule has 2 N–H and O–H groups in total. The summed E-state index contributed by atoms with van der Waals surface area (Å²) in [4.78, 5) is 0. The fourth-order valence-corrected chi connectivity index (χ4v) is 3.55. The van der Waals surface area contributed by atoms with Gasteiger partial charge in [-0.15, -0.1) is 0 Å². The van der Waals surface area contributed by atoms with Crippen LogP contribution in [0.25, 0.3) is 0 Å². The van der Waals surface area contributed by atoms with E-state index in [-0.39, 0.29) is 11.9 Å². The van der Waals surface area contributed by atoms with E-state index >= 15 is 0 Å². The minimum absolute atomic E-state index is 0.0979. The maximum absolute atomic E-state index is 13.2. The van der Waals surface area contributed by atoms with Crippen LogP contribution in [0.5, 0.6) is 0 Å². The molecule has 0 bridgehead atoms. The van der Waals surface area contributed by atoms with Gasteiger partial charge in [-0.3, -0.25) is 4.21 Å². The van der Waals surface area contributed by atoms with Gasteiger partial charge in [0.25, 0.3) is 0 Å². The van der Waals surface area contributed by atoms with E-state index in [2.05, 4.69) is 0 Å². The van der Waals surface area contributed by atoms with E-state index in [1.807, 2.05) is 0 Å². The molecule has 1 aromatic rings. The van der Waals surface area contributed by atoms with Gasteiger partial charge in [0.15, 0.2) is 0 Å². The lowest BCUT2D eigenvalue weighted by Crippen LogP contribution is -2.17. The van der Waals surface area contributed by atoms with E-state index in [9.17, 15) is 8.60 Å². The second kappa shape index (κ2) is 6.41. The van der Waals surface area contributed by atoms with Crippen molar-refractivity contribution in [1.82, 2.24) is 0 Å². The predicted octanol–water partition coefficient (Wildman–Crippen LogP) is 1.71. The molecule has 0 aromatic heterocycles. The van der Waals surface area contributed by atoms with Crippen molar-refractivity contribution in [3.63, 3.8) is 0 Å². The quantitative estimate of drug-likeness (QED) is 0.887. The van der Waals surface area contributed by atoms with Crippen LogP contribution in [0.4, 0.5) is 4.39 Å². The Morgan fingerprint density at radius 3 is 2.94 bits per heavy atom. The molecule has 3 nitrogen and oxygen atoms in total. The topological polar surface area (TPSA) is 52.3 Å². The van der Waals surface area contributed by atoms with Crippen molar-refractivity contribution in [2.24, 2.45) is 5.73 Å². The highest BCUT2D eigenvalue weighted by Crippen LogP contribution is 2.17. The lowest BCUT2D eigenvalue weighted by atomic mass is 10.1. The molecule has 100 valence electrons. The van der Waals surface area contributed by atoms with E-state index in [1.54, 1.807) is 6.07 Å². The third-order valence-electron chi connectivity index (χ3n) is 3.10. The van der Waals surface area contributed by atoms with Crippen LogP contribution < -0.4 is 5.73 Å². The van der Waals surface area contributed by atoms with E-state index in [1.165, 1.54) is 12.1 Å². The summed E-state index contributed by atoms with van der Waals surface area (Å²) in [6, 6.07) is 4.47. The molecule has 0 aliphatic carbocycles. The zero-order chi connectivity index (χ0) is 13.0. The van der Waals surface area contributed by atoms with Crippen LogP contribution in [-0.2, 0) is 27.8 Å². The van der Waals surface area contributed by atoms with Gasteiger partial charge in [0, 0.05) is 29.7 Å². The first kappa shape index (κ1) is 13.6. The van der Waals surface area contributed by atoms with Crippen molar-refractivity contribution in [2.75, 3.05) is 12.4 Å². The molecule has 1 aliphatic heterocycles. The number of hydrogen-bond acceptors (Lipinski definition) is 3. The summed E-state index contributed by atoms with van der Waals surface area (Å²) in [5.74, 6) is 0.571. The molecule has 5 heteroatoms. The van der Waals surface area contributed by atoms with Gasteiger partial charge < -0.3 is 10.5 Å². The monoisotopic (exact) mass is 271 g/mol. The Balaban J connectivity index is 1.99. The summed E-state index contributed by atoms with van der Waals surface area (Å²) in [5, 5.41) is 0. The predicted molar refractivity (Wildman–Crippen MR) is 70.0 cm³/mol. The molecular formula is C13H18FNO2S. The number of nitrogens with two attached hydrogens (primary N) is 1. The molecule has 0 saturated carbocycles. The van der Waals surface area contributed by atoms with Crippen LogP contribution in [0.3, 0.4) is 0 Å². The zero-order valence-corrected chi connectivity index (χ0v) is 11.0. The van der Waals surface area contributed by atoms with Gasteiger partial charge >= 0.3 is 0 Å². The smallest absolute Gasteiger partial charge is 0.123 e. The van der Waals surface area contributed by atoms with Gasteiger partial charge in [-0.05, 0) is 36.1 Å². The van der Waals surface area contributed by atoms with Crippen LogP contribution in [0, 0.1) is 5.82 Å². The van der Waals surface area contributed by atoms with Crippen molar-refractivity contribution in [1.29, 1.82) is 0 Å². The highest BCUT2D eigenvalue weighted by Gasteiger charge is 2.19. The van der Waals surface area contributed by atoms with Crippen LogP contribution in [0.1, 0.15) is 24.0 Å². The summed E-state index contributed by atoms with van der Waals surface area (Å²) >= 11 is 0. The number of hydrogen-bond donors (Lipinski definition) is 1. The Morgan fingerprint density at radius 1 is 1.44 bits per heavy atom. The SMILES string of the molecule is NCc1ccc(F)cc1CS(=O)CC1CCCO1. The first-order valence-electron chi connectivity index (χ1n) is 6.13. The number of rotatable bonds is 5. The lowest BCUT2D eigenvalue weighted by molar-refractivity contribution is 0.128.